The topological polar surface area (TPSA) is 86.8 Å². The predicted octanol–water partition coefficient (Wildman–Crippen LogP) is 6.99. The first-order chi connectivity index (χ1) is 19.2. The van der Waals surface area contributed by atoms with Gasteiger partial charge in [-0.05, 0) is 62.2 Å². The van der Waals surface area contributed by atoms with Gasteiger partial charge in [-0.15, -0.1) is 0 Å². The molecule has 3 rings (SSSR count). The van der Waals surface area contributed by atoms with Crippen molar-refractivity contribution < 1.29 is 18.0 Å². The highest BCUT2D eigenvalue weighted by molar-refractivity contribution is 7.92. The average molecular weight is 659 g/mol. The van der Waals surface area contributed by atoms with Crippen LogP contribution in [0.3, 0.4) is 0 Å². The second kappa shape index (κ2) is 14.1. The standard InChI is InChI=1S/C29H31Cl4N3O4S/c1-18(2)15-34-29(38)20(4)35(16-23-24(30)6-5-7-25(23)31)28(37)17-36(21-10-13-26(32)27(33)14-21)41(39,40)22-11-8-19(3)9-12-22/h5-14,18,20H,15-17H2,1-4H3,(H,34,38)/t20-/m0/s1. The van der Waals surface area contributed by atoms with Gasteiger partial charge >= 0.3 is 0 Å². The maximum atomic E-state index is 14.0. The normalized spacial score (nSPS) is 12.2. The SMILES string of the molecule is Cc1ccc(S(=O)(=O)N(CC(=O)N(Cc2c(Cl)cccc2Cl)[C@@H](C)C(=O)NCC(C)C)c2ccc(Cl)c(Cl)c2)cc1. The molecule has 2 amide bonds. The molecule has 3 aromatic rings. The molecule has 0 aromatic heterocycles. The van der Waals surface area contributed by atoms with Gasteiger partial charge in [0.05, 0.1) is 20.6 Å². The van der Waals surface area contributed by atoms with Gasteiger partial charge in [-0.25, -0.2) is 8.42 Å². The van der Waals surface area contributed by atoms with Crippen LogP contribution in [0.4, 0.5) is 5.69 Å². The van der Waals surface area contributed by atoms with Crippen LogP contribution < -0.4 is 9.62 Å². The van der Waals surface area contributed by atoms with E-state index in [9.17, 15) is 18.0 Å². The van der Waals surface area contributed by atoms with Crippen molar-refractivity contribution in [3.05, 3.63) is 91.9 Å². The van der Waals surface area contributed by atoms with Gasteiger partial charge in [0.2, 0.25) is 11.8 Å². The van der Waals surface area contributed by atoms with Crippen LogP contribution >= 0.6 is 46.4 Å². The molecule has 0 unspecified atom stereocenters. The minimum atomic E-state index is -4.25. The van der Waals surface area contributed by atoms with Crippen molar-refractivity contribution in [2.75, 3.05) is 17.4 Å². The third kappa shape index (κ3) is 8.30. The summed E-state index contributed by atoms with van der Waals surface area (Å²) in [6.45, 7) is 6.92. The van der Waals surface area contributed by atoms with Crippen molar-refractivity contribution in [2.45, 2.75) is 45.2 Å². The Morgan fingerprint density at radius 2 is 1.46 bits per heavy atom. The molecule has 0 heterocycles. The fourth-order valence-electron chi connectivity index (χ4n) is 3.90. The Kier molecular flexibility index (Phi) is 11.4. The lowest BCUT2D eigenvalue weighted by Gasteiger charge is -2.32. The Morgan fingerprint density at radius 1 is 0.854 bits per heavy atom. The van der Waals surface area contributed by atoms with Crippen molar-refractivity contribution in [2.24, 2.45) is 5.92 Å². The van der Waals surface area contributed by atoms with Crippen LogP contribution in [0, 0.1) is 12.8 Å². The fraction of sp³-hybridized carbons (Fsp3) is 0.310. The molecule has 0 spiro atoms. The number of carbonyl (C=O) groups excluding carboxylic acids is 2. The number of amides is 2. The van der Waals surface area contributed by atoms with Crippen LogP contribution in [-0.2, 0) is 26.2 Å². The van der Waals surface area contributed by atoms with Crippen LogP contribution in [0.15, 0.2) is 65.6 Å². The number of hydrogen-bond donors (Lipinski definition) is 1. The van der Waals surface area contributed by atoms with E-state index < -0.39 is 34.4 Å². The van der Waals surface area contributed by atoms with Gasteiger partial charge in [-0.2, -0.15) is 0 Å². The Morgan fingerprint density at radius 3 is 2.02 bits per heavy atom. The number of nitrogens with zero attached hydrogens (tertiary/aromatic N) is 2. The van der Waals surface area contributed by atoms with Gasteiger partial charge in [-0.1, -0.05) is 84.0 Å². The van der Waals surface area contributed by atoms with Crippen LogP contribution in [0.1, 0.15) is 31.9 Å². The molecule has 0 aliphatic rings. The first-order valence-corrected chi connectivity index (χ1v) is 15.7. The second-order valence-corrected chi connectivity index (χ2v) is 13.5. The Labute approximate surface area is 261 Å². The zero-order valence-electron chi connectivity index (χ0n) is 23.0. The number of rotatable bonds is 11. The summed E-state index contributed by atoms with van der Waals surface area (Å²) < 4.78 is 28.8. The number of nitrogens with one attached hydrogen (secondary N) is 1. The molecule has 0 fully saturated rings. The second-order valence-electron chi connectivity index (χ2n) is 9.96. The quantitative estimate of drug-likeness (QED) is 0.241. The van der Waals surface area contributed by atoms with E-state index in [-0.39, 0.29) is 33.1 Å². The van der Waals surface area contributed by atoms with Crippen molar-refractivity contribution in [3.63, 3.8) is 0 Å². The largest absolute Gasteiger partial charge is 0.354 e. The smallest absolute Gasteiger partial charge is 0.264 e. The summed E-state index contributed by atoms with van der Waals surface area (Å²) in [5.41, 5.74) is 1.42. The summed E-state index contributed by atoms with van der Waals surface area (Å²) in [5.74, 6) is -0.884. The molecule has 1 atom stereocenters. The Balaban J connectivity index is 2.08. The fourth-order valence-corrected chi connectivity index (χ4v) is 6.11. The van der Waals surface area contributed by atoms with Crippen molar-refractivity contribution in [1.82, 2.24) is 10.2 Å². The molecule has 0 bridgehead atoms. The molecule has 0 aliphatic heterocycles. The van der Waals surface area contributed by atoms with E-state index in [0.29, 0.717) is 22.2 Å². The highest BCUT2D eigenvalue weighted by Crippen LogP contribution is 2.32. The average Bonchev–Trinajstić information content (AvgIpc) is 2.91. The molecule has 12 heteroatoms. The van der Waals surface area contributed by atoms with E-state index in [1.54, 1.807) is 37.3 Å². The minimum Gasteiger partial charge on any atom is -0.354 e. The van der Waals surface area contributed by atoms with E-state index in [0.717, 1.165) is 9.87 Å². The van der Waals surface area contributed by atoms with Gasteiger partial charge in [-0.3, -0.25) is 13.9 Å². The molecule has 220 valence electrons. The summed E-state index contributed by atoms with van der Waals surface area (Å²) in [7, 11) is -4.25. The van der Waals surface area contributed by atoms with Crippen LogP contribution in [0.25, 0.3) is 0 Å². The number of hydrogen-bond acceptors (Lipinski definition) is 4. The molecule has 0 aliphatic carbocycles. The number of sulfonamides is 1. The summed E-state index contributed by atoms with van der Waals surface area (Å²) in [6.07, 6.45) is 0. The van der Waals surface area contributed by atoms with E-state index in [1.807, 2.05) is 20.8 Å². The third-order valence-electron chi connectivity index (χ3n) is 6.32. The van der Waals surface area contributed by atoms with E-state index in [4.69, 9.17) is 46.4 Å². The van der Waals surface area contributed by atoms with Gasteiger partial charge in [0.1, 0.15) is 12.6 Å². The van der Waals surface area contributed by atoms with E-state index in [1.165, 1.54) is 35.2 Å². The van der Waals surface area contributed by atoms with Crippen LogP contribution in [0.5, 0.6) is 0 Å². The zero-order valence-corrected chi connectivity index (χ0v) is 26.8. The molecule has 41 heavy (non-hydrogen) atoms. The maximum Gasteiger partial charge on any atom is 0.264 e. The highest BCUT2D eigenvalue weighted by Gasteiger charge is 2.33. The lowest BCUT2D eigenvalue weighted by atomic mass is 10.1. The van der Waals surface area contributed by atoms with Gasteiger partial charge in [0.25, 0.3) is 10.0 Å². The maximum absolute atomic E-state index is 14.0. The number of aryl methyl sites for hydroxylation is 1. The molecule has 0 saturated carbocycles. The summed E-state index contributed by atoms with van der Waals surface area (Å²) in [4.78, 5) is 28.4. The lowest BCUT2D eigenvalue weighted by molar-refractivity contribution is -0.139. The molecule has 3 aromatic carbocycles. The number of halogens is 4. The first kappa shape index (κ1) is 33.0. The summed E-state index contributed by atoms with van der Waals surface area (Å²) in [5, 5.41) is 3.77. The number of benzene rings is 3. The zero-order chi connectivity index (χ0) is 30.5. The third-order valence-corrected chi connectivity index (χ3v) is 9.56. The van der Waals surface area contributed by atoms with Crippen LogP contribution in [-0.4, -0.2) is 44.3 Å². The van der Waals surface area contributed by atoms with Crippen molar-refractivity contribution >= 4 is 73.9 Å². The van der Waals surface area contributed by atoms with E-state index >= 15 is 0 Å². The molecule has 0 saturated heterocycles. The van der Waals surface area contributed by atoms with Crippen LogP contribution in [0.2, 0.25) is 20.1 Å². The van der Waals surface area contributed by atoms with Gasteiger partial charge < -0.3 is 10.2 Å². The first-order valence-electron chi connectivity index (χ1n) is 12.8. The molecule has 7 nitrogen and oxygen atoms in total. The summed E-state index contributed by atoms with van der Waals surface area (Å²) >= 11 is 25.1. The monoisotopic (exact) mass is 657 g/mol. The summed E-state index contributed by atoms with van der Waals surface area (Å²) in [6, 6.07) is 14.5. The van der Waals surface area contributed by atoms with E-state index in [2.05, 4.69) is 5.32 Å². The van der Waals surface area contributed by atoms with Gasteiger partial charge in [0, 0.05) is 28.7 Å². The van der Waals surface area contributed by atoms with Gasteiger partial charge in [0.15, 0.2) is 0 Å². The van der Waals surface area contributed by atoms with Crippen molar-refractivity contribution in [1.29, 1.82) is 0 Å². The lowest BCUT2D eigenvalue weighted by Crippen LogP contribution is -2.51. The molecular formula is C29H31Cl4N3O4S. The molecular weight excluding hydrogens is 628 g/mol. The molecule has 1 N–H and O–H groups in total. The highest BCUT2D eigenvalue weighted by atomic mass is 35.5. The number of anilines is 1. The number of carbonyl (C=O) groups is 2. The Bertz CT molecular complexity index is 1490. The molecule has 0 radical (unpaired) electrons. The Hall–Kier alpha value is -2.49. The minimum absolute atomic E-state index is 0.0228. The van der Waals surface area contributed by atoms with Crippen molar-refractivity contribution in [3.8, 4) is 0 Å². The predicted molar refractivity (Wildman–Crippen MR) is 166 cm³/mol.